The molecule has 0 saturated carbocycles. The molecule has 3 N–H and O–H groups in total. The van der Waals surface area contributed by atoms with Crippen LogP contribution in [0.5, 0.6) is 5.75 Å². The molecule has 4 heterocycles. The van der Waals surface area contributed by atoms with Crippen molar-refractivity contribution in [2.24, 2.45) is 5.73 Å². The largest absolute Gasteiger partial charge is 0.427 e. The standard InChI is InChI=1S/C29H36N4O11S2.ClH/c1-6-7-18(35)44-15-10-8-14(9-11-15)19(30)23(36)31-20-24(37)33-21(28(2,3)45-25(20)33)26(38)42-13-43-27(39)22-29(4,5)46(40,41)17-12-16(34)32(17)22;/h8-11,17,19-22,25H,6-7,12-13,30H2,1-5H3,(H,31,36);1H/t17-,19?,20-,21+,22+,25-;/m1./s1. The Hall–Kier alpha value is -3.41. The van der Waals surface area contributed by atoms with Gasteiger partial charge in [0, 0.05) is 11.2 Å². The van der Waals surface area contributed by atoms with Crippen LogP contribution >= 0.6 is 24.2 Å². The van der Waals surface area contributed by atoms with Crippen molar-refractivity contribution in [2.45, 2.75) is 98.3 Å². The number of carbonyl (C=O) groups excluding carboxylic acids is 6. The van der Waals surface area contributed by atoms with Crippen molar-refractivity contribution in [3.05, 3.63) is 29.8 Å². The van der Waals surface area contributed by atoms with E-state index in [-0.39, 0.29) is 31.2 Å². The molecular weight excluding hydrogens is 680 g/mol. The number of nitrogens with two attached hydrogens (primary N) is 1. The maximum absolute atomic E-state index is 13.2. The second kappa shape index (κ2) is 12.9. The molecule has 1 unspecified atom stereocenters. The molecule has 6 atom stereocenters. The van der Waals surface area contributed by atoms with Gasteiger partial charge in [-0.2, -0.15) is 0 Å². The second-order valence-electron chi connectivity index (χ2n) is 12.6. The first-order valence-corrected chi connectivity index (χ1v) is 17.1. The Labute approximate surface area is 281 Å². The molecule has 4 fully saturated rings. The Morgan fingerprint density at radius 2 is 1.62 bits per heavy atom. The molecule has 4 aliphatic rings. The lowest BCUT2D eigenvalue weighted by atomic mass is 9.95. The highest BCUT2D eigenvalue weighted by Crippen LogP contribution is 2.51. The van der Waals surface area contributed by atoms with Crippen LogP contribution in [0, 0.1) is 0 Å². The third-order valence-electron chi connectivity index (χ3n) is 8.77. The number of β-lactam (4-membered cyclic amide) rings is 2. The van der Waals surface area contributed by atoms with E-state index in [4.69, 9.17) is 19.9 Å². The van der Waals surface area contributed by atoms with Crippen LogP contribution in [0.2, 0.25) is 0 Å². The van der Waals surface area contributed by atoms with E-state index in [9.17, 15) is 37.2 Å². The molecule has 0 radical (unpaired) electrons. The first kappa shape index (κ1) is 36.4. The van der Waals surface area contributed by atoms with Gasteiger partial charge in [0.2, 0.25) is 24.5 Å². The monoisotopic (exact) mass is 716 g/mol. The van der Waals surface area contributed by atoms with Crippen LogP contribution in [-0.2, 0) is 48.1 Å². The summed E-state index contributed by atoms with van der Waals surface area (Å²) in [5, 5.41) is 0.962. The number of hydrogen-bond donors (Lipinski definition) is 2. The van der Waals surface area contributed by atoms with Crippen molar-refractivity contribution in [3.8, 4) is 5.75 Å². The molecule has 5 rings (SSSR count). The van der Waals surface area contributed by atoms with E-state index in [2.05, 4.69) is 5.32 Å². The summed E-state index contributed by atoms with van der Waals surface area (Å²) in [7, 11) is -3.82. The predicted molar refractivity (Wildman–Crippen MR) is 168 cm³/mol. The maximum Gasteiger partial charge on any atom is 0.333 e. The lowest BCUT2D eigenvalue weighted by molar-refractivity contribution is -0.181. The van der Waals surface area contributed by atoms with Crippen LogP contribution in [0.3, 0.4) is 0 Å². The number of ether oxygens (including phenoxy) is 3. The smallest absolute Gasteiger partial charge is 0.333 e. The quantitative estimate of drug-likeness (QED) is 0.147. The molecular formula is C29H37ClN4O11S2. The zero-order chi connectivity index (χ0) is 33.9. The minimum Gasteiger partial charge on any atom is -0.427 e. The predicted octanol–water partition coefficient (Wildman–Crippen LogP) is 0.539. The first-order valence-electron chi connectivity index (χ1n) is 14.7. The average molecular weight is 717 g/mol. The van der Waals surface area contributed by atoms with Crippen molar-refractivity contribution in [1.82, 2.24) is 15.1 Å². The Morgan fingerprint density at radius 1 is 1.02 bits per heavy atom. The third-order valence-corrected chi connectivity index (χ3v) is 13.1. The van der Waals surface area contributed by atoms with Crippen molar-refractivity contribution in [1.29, 1.82) is 0 Å². The number of esters is 3. The van der Waals surface area contributed by atoms with Crippen molar-refractivity contribution in [2.75, 3.05) is 6.79 Å². The van der Waals surface area contributed by atoms with Crippen LogP contribution in [0.1, 0.15) is 65.5 Å². The highest BCUT2D eigenvalue weighted by Gasteiger charge is 2.68. The molecule has 0 aromatic heterocycles. The second-order valence-corrected chi connectivity index (χ2v) is 17.0. The number of benzene rings is 1. The highest BCUT2D eigenvalue weighted by atomic mass is 35.5. The molecule has 3 amide bonds. The number of nitrogens with zero attached hydrogens (tertiary/aromatic N) is 2. The van der Waals surface area contributed by atoms with Gasteiger partial charge in [0.05, 0.1) is 11.2 Å². The van der Waals surface area contributed by atoms with Gasteiger partial charge in [0.15, 0.2) is 9.84 Å². The SMILES string of the molecule is CCCC(=O)Oc1ccc(C(N)C(=O)N[C@@H]2C(=O)N3[C@@H]2SC(C)(C)[C@@H]3C(=O)OCOC(=O)[C@@H]2N3C(=O)C[C@H]3S(=O)(=O)C2(C)C)cc1.Cl. The third kappa shape index (κ3) is 6.06. The van der Waals surface area contributed by atoms with E-state index >= 15 is 0 Å². The van der Waals surface area contributed by atoms with Crippen molar-refractivity contribution in [3.63, 3.8) is 0 Å². The fraction of sp³-hybridized carbons (Fsp3) is 0.586. The lowest BCUT2D eigenvalue weighted by Crippen LogP contribution is -2.71. The summed E-state index contributed by atoms with van der Waals surface area (Å²) in [6.07, 6.45) is 0.710. The van der Waals surface area contributed by atoms with Crippen LogP contribution in [0.25, 0.3) is 0 Å². The van der Waals surface area contributed by atoms with Gasteiger partial charge < -0.3 is 35.1 Å². The fourth-order valence-corrected chi connectivity index (χ4v) is 9.91. The minimum absolute atomic E-state index is 0. The molecule has 4 aliphatic heterocycles. The molecule has 258 valence electrons. The Bertz CT molecular complexity index is 1600. The van der Waals surface area contributed by atoms with E-state index in [0.717, 1.165) is 4.90 Å². The van der Waals surface area contributed by atoms with Gasteiger partial charge in [-0.1, -0.05) is 19.1 Å². The number of halogens is 1. The number of thioether (sulfide) groups is 1. The number of amides is 3. The molecule has 47 heavy (non-hydrogen) atoms. The summed E-state index contributed by atoms with van der Waals surface area (Å²) >= 11 is 1.28. The number of carbonyl (C=O) groups is 6. The molecule has 15 nitrogen and oxygen atoms in total. The number of sulfone groups is 1. The Balaban J connectivity index is 0.00000500. The molecule has 1 aromatic carbocycles. The molecule has 18 heteroatoms. The van der Waals surface area contributed by atoms with Crippen LogP contribution in [0.15, 0.2) is 24.3 Å². The van der Waals surface area contributed by atoms with Gasteiger partial charge in [-0.15, -0.1) is 24.2 Å². The summed E-state index contributed by atoms with van der Waals surface area (Å²) < 4.78 is 38.6. The van der Waals surface area contributed by atoms with E-state index in [0.29, 0.717) is 17.7 Å². The van der Waals surface area contributed by atoms with Crippen LogP contribution < -0.4 is 15.8 Å². The molecule has 4 saturated heterocycles. The lowest BCUT2D eigenvalue weighted by Gasteiger charge is -2.44. The Morgan fingerprint density at radius 3 is 2.19 bits per heavy atom. The van der Waals surface area contributed by atoms with Gasteiger partial charge in [-0.3, -0.25) is 19.2 Å². The molecule has 0 spiro atoms. The summed E-state index contributed by atoms with van der Waals surface area (Å²) in [6, 6.07) is 1.58. The van der Waals surface area contributed by atoms with E-state index in [1.54, 1.807) is 26.0 Å². The van der Waals surface area contributed by atoms with Gasteiger partial charge in [-0.25, -0.2) is 18.0 Å². The number of hydrogen-bond acceptors (Lipinski definition) is 13. The fourth-order valence-electron chi connectivity index (χ4n) is 6.16. The van der Waals surface area contributed by atoms with E-state index in [1.165, 1.54) is 42.6 Å². The molecule has 0 bridgehead atoms. The van der Waals surface area contributed by atoms with Gasteiger partial charge >= 0.3 is 17.9 Å². The first-order chi connectivity index (χ1) is 21.4. The van der Waals surface area contributed by atoms with E-state index in [1.807, 2.05) is 6.92 Å². The van der Waals surface area contributed by atoms with Crippen molar-refractivity contribution >= 4 is 69.6 Å². The zero-order valence-electron chi connectivity index (χ0n) is 26.3. The van der Waals surface area contributed by atoms with Gasteiger partial charge in [0.1, 0.15) is 40.7 Å². The minimum atomic E-state index is -3.82. The van der Waals surface area contributed by atoms with Gasteiger partial charge in [0.25, 0.3) is 0 Å². The zero-order valence-corrected chi connectivity index (χ0v) is 28.7. The normalized spacial score (nSPS) is 28.0. The molecule has 0 aliphatic carbocycles. The number of rotatable bonds is 10. The average Bonchev–Trinajstić information content (AvgIpc) is 3.30. The molecule has 1 aromatic rings. The Kier molecular flexibility index (Phi) is 9.99. The summed E-state index contributed by atoms with van der Waals surface area (Å²) in [5.41, 5.74) is 6.57. The topological polar surface area (TPSA) is 209 Å². The van der Waals surface area contributed by atoms with Crippen molar-refractivity contribution < 1.29 is 51.4 Å². The van der Waals surface area contributed by atoms with Crippen LogP contribution in [-0.4, -0.2) is 99.0 Å². The summed E-state index contributed by atoms with van der Waals surface area (Å²) in [5.74, 6) is -3.59. The number of nitrogens with one attached hydrogen (secondary N) is 1. The van der Waals surface area contributed by atoms with Gasteiger partial charge in [-0.05, 0) is 51.8 Å². The highest BCUT2D eigenvalue weighted by molar-refractivity contribution is 8.01. The maximum atomic E-state index is 13.2. The van der Waals surface area contributed by atoms with Crippen LogP contribution in [0.4, 0.5) is 0 Å². The summed E-state index contributed by atoms with van der Waals surface area (Å²) in [4.78, 5) is 78.2. The van der Waals surface area contributed by atoms with E-state index < -0.39 is 90.7 Å². The summed E-state index contributed by atoms with van der Waals surface area (Å²) in [6.45, 7) is 7.13. The number of fused-ring (bicyclic) bond motifs is 2.